The van der Waals surface area contributed by atoms with E-state index in [0.29, 0.717) is 24.2 Å². The molecule has 130 valence electrons. The van der Waals surface area contributed by atoms with Crippen molar-refractivity contribution in [3.63, 3.8) is 0 Å². The lowest BCUT2D eigenvalue weighted by molar-refractivity contribution is 0.151. The van der Waals surface area contributed by atoms with Gasteiger partial charge < -0.3 is 0 Å². The van der Waals surface area contributed by atoms with Crippen molar-refractivity contribution in [2.24, 2.45) is 0 Å². The molecule has 6 heteroatoms. The van der Waals surface area contributed by atoms with Gasteiger partial charge in [0.15, 0.2) is 5.82 Å². The highest BCUT2D eigenvalue weighted by Gasteiger charge is 2.19. The minimum absolute atomic E-state index is 0.115. The number of rotatable bonds is 3. The summed E-state index contributed by atoms with van der Waals surface area (Å²) in [7, 11) is 0. The zero-order valence-electron chi connectivity index (χ0n) is 14.7. The number of hydrogen-bond donors (Lipinski definition) is 1. The monoisotopic (exact) mass is 337 g/mol. The summed E-state index contributed by atoms with van der Waals surface area (Å²) in [6.07, 6.45) is 3.71. The number of piperidine rings is 1. The van der Waals surface area contributed by atoms with Crippen molar-refractivity contribution in [2.75, 3.05) is 6.54 Å². The average Bonchev–Trinajstić information content (AvgIpc) is 3.02. The zero-order valence-corrected chi connectivity index (χ0v) is 14.7. The molecule has 0 saturated carbocycles. The summed E-state index contributed by atoms with van der Waals surface area (Å²) in [6, 6.07) is 10.2. The fourth-order valence-electron chi connectivity index (χ4n) is 3.45. The Morgan fingerprint density at radius 1 is 1.20 bits per heavy atom. The number of nitrogens with one attached hydrogen (secondary N) is 1. The molecule has 1 atom stereocenters. The molecule has 0 spiro atoms. The maximum atomic E-state index is 12.5. The maximum absolute atomic E-state index is 12.5. The van der Waals surface area contributed by atoms with Crippen LogP contribution >= 0.6 is 0 Å². The fraction of sp³-hybridized carbons (Fsp3) is 0.421. The van der Waals surface area contributed by atoms with Gasteiger partial charge >= 0.3 is 0 Å². The van der Waals surface area contributed by atoms with Gasteiger partial charge in [0.25, 0.3) is 11.3 Å². The van der Waals surface area contributed by atoms with Crippen LogP contribution in [-0.4, -0.2) is 37.1 Å². The molecule has 6 nitrogen and oxygen atoms in total. The van der Waals surface area contributed by atoms with E-state index in [9.17, 15) is 4.79 Å². The molecule has 1 saturated heterocycles. The highest BCUT2D eigenvalue weighted by molar-refractivity contribution is 5.57. The average molecular weight is 337 g/mol. The number of hydrogen-bond acceptors (Lipinski definition) is 4. The Morgan fingerprint density at radius 2 is 2.00 bits per heavy atom. The first-order chi connectivity index (χ1) is 12.1. The number of likely N-dealkylation sites (tertiary alicyclic amines) is 1. The Balaban J connectivity index is 1.67. The normalized spacial score (nSPS) is 18.7. The number of aryl methyl sites for hydroxylation is 1. The standard InChI is InChI=1S/C19H23N5O/c1-13-6-8-15(9-7-13)18-21-19-20-16(11-17(25)24(19)22-18)12-23-10-4-3-5-14(23)2/h6-9,11,14H,3-5,10,12H2,1-2H3,(H,20,21,22)/t14-/m0/s1. The van der Waals surface area contributed by atoms with Gasteiger partial charge in [-0.2, -0.15) is 9.50 Å². The Bertz CT molecular complexity index is 941. The topological polar surface area (TPSA) is 66.3 Å². The summed E-state index contributed by atoms with van der Waals surface area (Å²) in [4.78, 5) is 24.0. The molecule has 1 aromatic carbocycles. The van der Waals surface area contributed by atoms with Gasteiger partial charge in [-0.15, -0.1) is 0 Å². The molecule has 2 aromatic heterocycles. The van der Waals surface area contributed by atoms with E-state index in [0.717, 1.165) is 17.8 Å². The van der Waals surface area contributed by atoms with Crippen LogP contribution in [-0.2, 0) is 6.54 Å². The van der Waals surface area contributed by atoms with Crippen molar-refractivity contribution in [1.29, 1.82) is 0 Å². The van der Waals surface area contributed by atoms with E-state index in [1.54, 1.807) is 6.07 Å². The molecular formula is C19H23N5O. The van der Waals surface area contributed by atoms with Crippen molar-refractivity contribution < 1.29 is 0 Å². The molecule has 0 unspecified atom stereocenters. The number of nitrogens with zero attached hydrogens (tertiary/aromatic N) is 4. The molecule has 3 aromatic rings. The highest BCUT2D eigenvalue weighted by atomic mass is 16.1. The molecule has 1 aliphatic heterocycles. The largest absolute Gasteiger partial charge is 0.295 e. The van der Waals surface area contributed by atoms with Crippen LogP contribution in [0, 0.1) is 6.92 Å². The number of fused-ring (bicyclic) bond motifs is 1. The van der Waals surface area contributed by atoms with E-state index in [4.69, 9.17) is 0 Å². The van der Waals surface area contributed by atoms with Crippen LogP contribution in [0.4, 0.5) is 0 Å². The van der Waals surface area contributed by atoms with Crippen molar-refractivity contribution in [2.45, 2.75) is 45.7 Å². The van der Waals surface area contributed by atoms with Crippen molar-refractivity contribution in [1.82, 2.24) is 24.5 Å². The molecule has 0 radical (unpaired) electrons. The smallest absolute Gasteiger partial charge is 0.274 e. The lowest BCUT2D eigenvalue weighted by atomic mass is 10.0. The molecule has 1 fully saturated rings. The minimum atomic E-state index is -0.115. The van der Waals surface area contributed by atoms with Crippen LogP contribution in [0.2, 0.25) is 0 Å². The SMILES string of the molecule is Cc1ccc(-c2nc3nc(CN4CCCC[C@@H]4C)cc(=O)n3[nH]2)cc1. The summed E-state index contributed by atoms with van der Waals surface area (Å²) in [6.45, 7) is 6.06. The van der Waals surface area contributed by atoms with Crippen LogP contribution in [0.15, 0.2) is 35.1 Å². The van der Waals surface area contributed by atoms with E-state index in [1.807, 2.05) is 31.2 Å². The van der Waals surface area contributed by atoms with Crippen LogP contribution in [0.1, 0.15) is 37.4 Å². The second-order valence-electron chi connectivity index (χ2n) is 6.97. The van der Waals surface area contributed by atoms with Crippen LogP contribution in [0.5, 0.6) is 0 Å². The van der Waals surface area contributed by atoms with E-state index in [1.165, 1.54) is 29.3 Å². The molecular weight excluding hydrogens is 314 g/mol. The Hall–Kier alpha value is -2.47. The summed E-state index contributed by atoms with van der Waals surface area (Å²) in [5.41, 5.74) is 2.81. The third-order valence-corrected chi connectivity index (χ3v) is 5.01. The number of benzene rings is 1. The Labute approximate surface area is 146 Å². The minimum Gasteiger partial charge on any atom is -0.295 e. The molecule has 1 aliphatic rings. The molecule has 4 rings (SSSR count). The molecule has 1 N–H and O–H groups in total. The predicted octanol–water partition coefficient (Wildman–Crippen LogP) is 2.77. The number of aromatic nitrogens is 4. The zero-order chi connectivity index (χ0) is 17.4. The summed E-state index contributed by atoms with van der Waals surface area (Å²) in [5, 5.41) is 3.06. The Morgan fingerprint density at radius 3 is 2.76 bits per heavy atom. The van der Waals surface area contributed by atoms with E-state index >= 15 is 0 Å². The van der Waals surface area contributed by atoms with Gasteiger partial charge in [0.1, 0.15) is 0 Å². The van der Waals surface area contributed by atoms with Crippen LogP contribution in [0.25, 0.3) is 17.2 Å². The highest BCUT2D eigenvalue weighted by Crippen LogP contribution is 2.19. The summed E-state index contributed by atoms with van der Waals surface area (Å²) >= 11 is 0. The van der Waals surface area contributed by atoms with Gasteiger partial charge in [-0.05, 0) is 33.2 Å². The van der Waals surface area contributed by atoms with Gasteiger partial charge in [0, 0.05) is 24.2 Å². The first kappa shape index (κ1) is 16.0. The van der Waals surface area contributed by atoms with Gasteiger partial charge in [0.05, 0.1) is 5.69 Å². The van der Waals surface area contributed by atoms with Crippen LogP contribution in [0.3, 0.4) is 0 Å². The van der Waals surface area contributed by atoms with E-state index in [-0.39, 0.29) is 5.56 Å². The molecule has 0 aliphatic carbocycles. The second-order valence-corrected chi connectivity index (χ2v) is 6.97. The van der Waals surface area contributed by atoms with Gasteiger partial charge in [-0.1, -0.05) is 36.2 Å². The maximum Gasteiger partial charge on any atom is 0.274 e. The third kappa shape index (κ3) is 3.22. The van der Waals surface area contributed by atoms with Crippen molar-refractivity contribution >= 4 is 5.78 Å². The molecule has 3 heterocycles. The van der Waals surface area contributed by atoms with Gasteiger partial charge in [-0.3, -0.25) is 14.8 Å². The Kier molecular flexibility index (Phi) is 4.13. The van der Waals surface area contributed by atoms with Gasteiger partial charge in [-0.25, -0.2) is 4.98 Å². The number of aromatic amines is 1. The molecule has 25 heavy (non-hydrogen) atoms. The first-order valence-electron chi connectivity index (χ1n) is 8.90. The third-order valence-electron chi connectivity index (χ3n) is 5.01. The lowest BCUT2D eigenvalue weighted by Crippen LogP contribution is -2.37. The quantitative estimate of drug-likeness (QED) is 0.798. The fourth-order valence-corrected chi connectivity index (χ4v) is 3.45. The second kappa shape index (κ2) is 6.44. The van der Waals surface area contributed by atoms with Gasteiger partial charge in [0.2, 0.25) is 0 Å². The summed E-state index contributed by atoms with van der Waals surface area (Å²) < 4.78 is 1.42. The van der Waals surface area contributed by atoms with Crippen molar-refractivity contribution in [3.8, 4) is 11.4 Å². The first-order valence-corrected chi connectivity index (χ1v) is 8.90. The van der Waals surface area contributed by atoms with Crippen LogP contribution < -0.4 is 5.56 Å². The van der Waals surface area contributed by atoms with E-state index < -0.39 is 0 Å². The number of H-pyrrole nitrogens is 1. The molecule has 0 bridgehead atoms. The molecule has 0 amide bonds. The lowest BCUT2D eigenvalue weighted by Gasteiger charge is -2.32. The predicted molar refractivity (Wildman–Crippen MR) is 97.5 cm³/mol. The summed E-state index contributed by atoms with van der Waals surface area (Å²) in [5.74, 6) is 1.09. The van der Waals surface area contributed by atoms with Crippen molar-refractivity contribution in [3.05, 3.63) is 51.9 Å². The van der Waals surface area contributed by atoms with E-state index in [2.05, 4.69) is 26.9 Å².